The first-order chi connectivity index (χ1) is 14.3. The quantitative estimate of drug-likeness (QED) is 0.771. The molecule has 2 aliphatic rings. The first-order valence-electron chi connectivity index (χ1n) is 11.4. The number of rotatable bonds is 5. The third-order valence-electron chi connectivity index (χ3n) is 6.20. The van der Waals surface area contributed by atoms with E-state index in [1.807, 2.05) is 0 Å². The van der Waals surface area contributed by atoms with Crippen LogP contribution in [0.1, 0.15) is 50.7 Å². The molecule has 0 unspecified atom stereocenters. The van der Waals surface area contributed by atoms with E-state index in [2.05, 4.69) is 93.7 Å². The van der Waals surface area contributed by atoms with Crippen LogP contribution in [0.25, 0.3) is 0 Å². The first-order valence-corrected chi connectivity index (χ1v) is 11.4. The molecule has 8 heteroatoms. The zero-order valence-corrected chi connectivity index (χ0v) is 19.4. The maximum Gasteiger partial charge on any atom is 0.167 e. The summed E-state index contributed by atoms with van der Waals surface area (Å²) in [6.45, 7) is 19.1. The number of hydrogen-bond donors (Lipinski definition) is 2. The van der Waals surface area contributed by atoms with Crippen molar-refractivity contribution < 1.29 is 0 Å². The summed E-state index contributed by atoms with van der Waals surface area (Å²) in [5, 5.41) is 16.6. The summed E-state index contributed by atoms with van der Waals surface area (Å²) in [5.74, 6) is 2.04. The number of nitrogens with one attached hydrogen (secondary N) is 2. The molecular weight excluding hydrogens is 376 g/mol. The minimum Gasteiger partial charge on any atom is -0.309 e. The van der Waals surface area contributed by atoms with Crippen molar-refractivity contribution in [3.8, 4) is 0 Å². The highest BCUT2D eigenvalue weighted by Crippen LogP contribution is 2.17. The lowest BCUT2D eigenvalue weighted by Crippen LogP contribution is -2.54. The number of aromatic nitrogens is 4. The number of nitrogens with zero attached hydrogens (tertiary/aromatic N) is 6. The van der Waals surface area contributed by atoms with Crippen LogP contribution < -0.4 is 10.6 Å². The minimum absolute atomic E-state index is 0.489. The van der Waals surface area contributed by atoms with E-state index in [0.29, 0.717) is 24.2 Å². The predicted molar refractivity (Wildman–Crippen MR) is 119 cm³/mol. The molecule has 0 saturated carbocycles. The van der Waals surface area contributed by atoms with Crippen LogP contribution in [-0.2, 0) is 13.1 Å². The molecule has 0 aromatic carbocycles. The minimum atomic E-state index is 0.489. The first kappa shape index (κ1) is 21.5. The third-order valence-corrected chi connectivity index (χ3v) is 6.20. The predicted octanol–water partition coefficient (Wildman–Crippen LogP) is 1.37. The number of hydrogen-bond acceptors (Lipinski definition) is 6. The fourth-order valence-electron chi connectivity index (χ4n) is 5.29. The monoisotopic (exact) mass is 414 g/mol. The molecule has 2 saturated heterocycles. The molecular formula is C22H38N8. The van der Waals surface area contributed by atoms with Gasteiger partial charge in [0, 0.05) is 61.7 Å². The molecule has 0 bridgehead atoms. The topological polar surface area (TPSA) is 66.2 Å². The lowest BCUT2D eigenvalue weighted by molar-refractivity contribution is 0.156. The van der Waals surface area contributed by atoms with Gasteiger partial charge < -0.3 is 10.6 Å². The van der Waals surface area contributed by atoms with Gasteiger partial charge in [-0.1, -0.05) is 0 Å². The van der Waals surface area contributed by atoms with Crippen molar-refractivity contribution in [2.45, 2.75) is 78.8 Å². The van der Waals surface area contributed by atoms with Gasteiger partial charge in [0.25, 0.3) is 0 Å². The molecule has 2 N–H and O–H groups in total. The zero-order chi connectivity index (χ0) is 21.4. The molecule has 166 valence electrons. The Morgan fingerprint density at radius 1 is 0.700 bits per heavy atom. The van der Waals surface area contributed by atoms with E-state index in [1.165, 1.54) is 11.4 Å². The summed E-state index contributed by atoms with van der Waals surface area (Å²) in [7, 11) is 0. The molecule has 0 spiro atoms. The molecule has 4 atom stereocenters. The van der Waals surface area contributed by atoms with Crippen molar-refractivity contribution in [2.75, 3.05) is 26.2 Å². The van der Waals surface area contributed by atoms with Crippen LogP contribution in [0.2, 0.25) is 0 Å². The molecule has 2 aromatic rings. The van der Waals surface area contributed by atoms with Gasteiger partial charge in [0.05, 0.1) is 13.1 Å². The van der Waals surface area contributed by atoms with Gasteiger partial charge >= 0.3 is 0 Å². The molecule has 2 aliphatic heterocycles. The number of piperazine rings is 2. The van der Waals surface area contributed by atoms with Crippen molar-refractivity contribution in [3.05, 3.63) is 35.2 Å². The molecule has 0 amide bonds. The highest BCUT2D eigenvalue weighted by atomic mass is 15.5. The second kappa shape index (κ2) is 8.78. The Morgan fingerprint density at radius 2 is 1.07 bits per heavy atom. The molecule has 4 rings (SSSR count). The smallest absolute Gasteiger partial charge is 0.167 e. The summed E-state index contributed by atoms with van der Waals surface area (Å²) in [4.78, 5) is 5.00. The third kappa shape index (κ3) is 4.61. The fraction of sp³-hybridized carbons (Fsp3) is 0.727. The summed E-state index contributed by atoms with van der Waals surface area (Å²) < 4.78 is 4.54. The lowest BCUT2D eigenvalue weighted by atomic mass is 10.1. The average Bonchev–Trinajstić information content (AvgIpc) is 3.15. The molecule has 2 aromatic heterocycles. The van der Waals surface area contributed by atoms with Crippen LogP contribution in [0.15, 0.2) is 12.1 Å². The van der Waals surface area contributed by atoms with Crippen LogP contribution in [0.4, 0.5) is 0 Å². The molecule has 4 heterocycles. The van der Waals surface area contributed by atoms with Crippen LogP contribution in [0, 0.1) is 13.8 Å². The van der Waals surface area contributed by atoms with Crippen molar-refractivity contribution in [2.24, 2.45) is 0 Å². The Bertz CT molecular complexity index is 770. The fourth-order valence-corrected chi connectivity index (χ4v) is 5.29. The highest BCUT2D eigenvalue weighted by molar-refractivity contribution is 5.16. The van der Waals surface area contributed by atoms with E-state index in [4.69, 9.17) is 0 Å². The highest BCUT2D eigenvalue weighted by Gasteiger charge is 2.27. The maximum absolute atomic E-state index is 4.69. The van der Waals surface area contributed by atoms with Gasteiger partial charge in [-0.2, -0.15) is 0 Å². The standard InChI is InChI=1S/C22H38N8/c1-15-9-27(10-16(2)23-15)13-21-25-26-22(14-28-11-17(3)24-18(4)12-28)30(21)29-19(5)7-8-20(29)6/h7-8,15-18,23-24H,9-14H2,1-6H3/t15-,16+,17-,18+. The Morgan fingerprint density at radius 3 is 1.43 bits per heavy atom. The van der Waals surface area contributed by atoms with E-state index >= 15 is 0 Å². The number of aryl methyl sites for hydroxylation is 2. The molecule has 2 fully saturated rings. The lowest BCUT2D eigenvalue weighted by Gasteiger charge is -2.36. The van der Waals surface area contributed by atoms with Crippen LogP contribution in [0.3, 0.4) is 0 Å². The molecule has 0 aliphatic carbocycles. The van der Waals surface area contributed by atoms with E-state index in [1.54, 1.807) is 0 Å². The van der Waals surface area contributed by atoms with Gasteiger partial charge in [0.2, 0.25) is 0 Å². The Labute approximate surface area is 180 Å². The molecule has 0 radical (unpaired) electrons. The van der Waals surface area contributed by atoms with E-state index in [0.717, 1.165) is 50.9 Å². The van der Waals surface area contributed by atoms with Crippen molar-refractivity contribution in [3.63, 3.8) is 0 Å². The van der Waals surface area contributed by atoms with Crippen LogP contribution >= 0.6 is 0 Å². The Hall–Kier alpha value is -1.74. The summed E-state index contributed by atoms with van der Waals surface area (Å²) in [6, 6.07) is 6.30. The summed E-state index contributed by atoms with van der Waals surface area (Å²) in [5.41, 5.74) is 2.41. The van der Waals surface area contributed by atoms with Crippen LogP contribution in [0.5, 0.6) is 0 Å². The van der Waals surface area contributed by atoms with Gasteiger partial charge in [-0.15, -0.1) is 10.2 Å². The van der Waals surface area contributed by atoms with E-state index in [-0.39, 0.29) is 0 Å². The average molecular weight is 415 g/mol. The van der Waals surface area contributed by atoms with Gasteiger partial charge in [0.1, 0.15) is 0 Å². The second-order valence-electron chi connectivity index (χ2n) is 9.60. The van der Waals surface area contributed by atoms with Crippen molar-refractivity contribution >= 4 is 0 Å². The van der Waals surface area contributed by atoms with Crippen molar-refractivity contribution in [1.29, 1.82) is 0 Å². The second-order valence-corrected chi connectivity index (χ2v) is 9.60. The molecule has 8 nitrogen and oxygen atoms in total. The van der Waals surface area contributed by atoms with Crippen LogP contribution in [-0.4, -0.2) is 79.7 Å². The van der Waals surface area contributed by atoms with E-state index < -0.39 is 0 Å². The van der Waals surface area contributed by atoms with Gasteiger partial charge in [-0.05, 0) is 53.7 Å². The Balaban J connectivity index is 1.64. The van der Waals surface area contributed by atoms with Gasteiger partial charge in [-0.3, -0.25) is 14.5 Å². The summed E-state index contributed by atoms with van der Waals surface area (Å²) >= 11 is 0. The SMILES string of the molecule is Cc1ccc(C)n1-n1c(CN2C[C@@H](C)N[C@@H](C)C2)nnc1CN1C[C@@H](C)N[C@@H](C)C1. The largest absolute Gasteiger partial charge is 0.309 e. The maximum atomic E-state index is 4.69. The molecule has 30 heavy (non-hydrogen) atoms. The van der Waals surface area contributed by atoms with Crippen molar-refractivity contribution in [1.82, 2.24) is 40.0 Å². The van der Waals surface area contributed by atoms with Gasteiger partial charge in [-0.25, -0.2) is 4.68 Å². The zero-order valence-electron chi connectivity index (χ0n) is 19.4. The normalized spacial score (nSPS) is 28.9. The van der Waals surface area contributed by atoms with Gasteiger partial charge in [0.15, 0.2) is 11.6 Å². The van der Waals surface area contributed by atoms with E-state index in [9.17, 15) is 0 Å². The Kier molecular flexibility index (Phi) is 6.29. The summed E-state index contributed by atoms with van der Waals surface area (Å²) in [6.07, 6.45) is 0.